The second kappa shape index (κ2) is 6.34. The van der Waals surface area contributed by atoms with Crippen molar-refractivity contribution in [3.05, 3.63) is 17.5 Å². The standard InChI is InChI=1S/C22H28F2N4O2/c23-22(24)10-28(11-22)20-25-9-16(18(27-20)13-2-1-3-13)19(29)26-17-14-4-12-5-15(17)8-21(30,6-12)7-14/h9,12-15,17,30H,1-8,10-11H2,(H,26,29). The van der Waals surface area contributed by atoms with E-state index >= 15 is 0 Å². The second-order valence-electron chi connectivity index (χ2n) is 10.5. The molecule has 2 atom stereocenters. The van der Waals surface area contributed by atoms with Gasteiger partial charge in [-0.05, 0) is 62.7 Å². The summed E-state index contributed by atoms with van der Waals surface area (Å²) in [6.07, 6.45) is 9.20. The Hall–Kier alpha value is -1.83. The van der Waals surface area contributed by atoms with Crippen LogP contribution in [-0.4, -0.2) is 51.6 Å². The van der Waals surface area contributed by atoms with Crippen molar-refractivity contribution in [2.75, 3.05) is 18.0 Å². The number of hydrogen-bond donors (Lipinski definition) is 2. The van der Waals surface area contributed by atoms with Gasteiger partial charge < -0.3 is 15.3 Å². The molecule has 2 unspecified atom stereocenters. The van der Waals surface area contributed by atoms with Gasteiger partial charge in [-0.3, -0.25) is 4.79 Å². The Kier molecular flexibility index (Phi) is 4.00. The topological polar surface area (TPSA) is 78.3 Å². The maximum atomic E-state index is 13.3. The smallest absolute Gasteiger partial charge is 0.282 e. The molecule has 6 aliphatic rings. The lowest BCUT2D eigenvalue weighted by molar-refractivity contribution is -0.136. The van der Waals surface area contributed by atoms with Gasteiger partial charge in [0.15, 0.2) is 0 Å². The Morgan fingerprint density at radius 3 is 2.43 bits per heavy atom. The quantitative estimate of drug-likeness (QED) is 0.786. The highest BCUT2D eigenvalue weighted by Crippen LogP contribution is 2.55. The van der Waals surface area contributed by atoms with Crippen molar-refractivity contribution >= 4 is 11.9 Å². The number of aliphatic hydroxyl groups is 1. The Morgan fingerprint density at radius 1 is 1.17 bits per heavy atom. The Labute approximate surface area is 174 Å². The van der Waals surface area contributed by atoms with E-state index in [4.69, 9.17) is 0 Å². The number of aromatic nitrogens is 2. The largest absolute Gasteiger partial charge is 0.390 e. The van der Waals surface area contributed by atoms with Crippen LogP contribution in [0.15, 0.2) is 6.20 Å². The van der Waals surface area contributed by atoms with E-state index in [1.807, 2.05) is 0 Å². The molecule has 1 amide bonds. The summed E-state index contributed by atoms with van der Waals surface area (Å²) in [7, 11) is 0. The molecule has 1 saturated heterocycles. The molecule has 0 radical (unpaired) electrons. The van der Waals surface area contributed by atoms with E-state index in [9.17, 15) is 18.7 Å². The van der Waals surface area contributed by atoms with Gasteiger partial charge in [-0.25, -0.2) is 18.7 Å². The van der Waals surface area contributed by atoms with Crippen LogP contribution in [-0.2, 0) is 0 Å². The Balaban J connectivity index is 1.23. The third-order valence-electron chi connectivity index (χ3n) is 8.21. The molecule has 1 aliphatic heterocycles. The molecule has 7 rings (SSSR count). The number of halogens is 2. The van der Waals surface area contributed by atoms with Crippen molar-refractivity contribution in [3.63, 3.8) is 0 Å². The summed E-state index contributed by atoms with van der Waals surface area (Å²) < 4.78 is 26.5. The van der Waals surface area contributed by atoms with Gasteiger partial charge in [0.1, 0.15) is 0 Å². The summed E-state index contributed by atoms with van der Waals surface area (Å²) in [5.74, 6) is -1.07. The van der Waals surface area contributed by atoms with Crippen LogP contribution in [0.4, 0.5) is 14.7 Å². The van der Waals surface area contributed by atoms with Crippen LogP contribution >= 0.6 is 0 Å². The summed E-state index contributed by atoms with van der Waals surface area (Å²) in [5.41, 5.74) is 0.670. The Morgan fingerprint density at radius 2 is 1.87 bits per heavy atom. The lowest BCUT2D eigenvalue weighted by Gasteiger charge is -2.58. The first-order chi connectivity index (χ1) is 14.3. The van der Waals surface area contributed by atoms with Crippen molar-refractivity contribution < 1.29 is 18.7 Å². The predicted octanol–water partition coefficient (Wildman–Crippen LogP) is 2.87. The van der Waals surface area contributed by atoms with Crippen LogP contribution in [0, 0.1) is 17.8 Å². The number of hydrogen-bond acceptors (Lipinski definition) is 5. The van der Waals surface area contributed by atoms with Crippen molar-refractivity contribution in [2.45, 2.75) is 74.8 Å². The maximum Gasteiger partial charge on any atom is 0.282 e. The lowest BCUT2D eigenvalue weighted by Crippen LogP contribution is -2.61. The van der Waals surface area contributed by atoms with Crippen LogP contribution in [0.2, 0.25) is 0 Å². The molecule has 30 heavy (non-hydrogen) atoms. The van der Waals surface area contributed by atoms with Gasteiger partial charge in [0.05, 0.1) is 29.9 Å². The second-order valence-corrected chi connectivity index (χ2v) is 10.5. The minimum absolute atomic E-state index is 0.0947. The summed E-state index contributed by atoms with van der Waals surface area (Å²) >= 11 is 0. The molecular weight excluding hydrogens is 390 g/mol. The molecule has 6 nitrogen and oxygen atoms in total. The number of anilines is 1. The first-order valence-electron chi connectivity index (χ1n) is 11.3. The van der Waals surface area contributed by atoms with Gasteiger partial charge in [-0.15, -0.1) is 0 Å². The van der Waals surface area contributed by atoms with Crippen LogP contribution in [0.1, 0.15) is 73.3 Å². The first-order valence-corrected chi connectivity index (χ1v) is 11.3. The average Bonchev–Trinajstić information content (AvgIpc) is 2.59. The molecule has 5 aliphatic carbocycles. The summed E-state index contributed by atoms with van der Waals surface area (Å²) in [4.78, 5) is 23.6. The van der Waals surface area contributed by atoms with Crippen molar-refractivity contribution in [1.82, 2.24) is 15.3 Å². The number of carbonyl (C=O) groups excluding carboxylic acids is 1. The van der Waals surface area contributed by atoms with Gasteiger partial charge in [0, 0.05) is 18.2 Å². The fourth-order valence-electron chi connectivity index (χ4n) is 6.81. The Bertz CT molecular complexity index is 866. The minimum Gasteiger partial charge on any atom is -0.390 e. The molecule has 2 heterocycles. The molecule has 8 heteroatoms. The van der Waals surface area contributed by atoms with E-state index in [0.29, 0.717) is 35.0 Å². The third-order valence-corrected chi connectivity index (χ3v) is 8.21. The van der Waals surface area contributed by atoms with Crippen molar-refractivity contribution in [3.8, 4) is 0 Å². The van der Waals surface area contributed by atoms with Crippen LogP contribution in [0.5, 0.6) is 0 Å². The number of nitrogens with zero attached hydrogens (tertiary/aromatic N) is 3. The molecule has 0 aromatic carbocycles. The highest BCUT2D eigenvalue weighted by molar-refractivity contribution is 5.95. The van der Waals surface area contributed by atoms with E-state index in [2.05, 4.69) is 15.3 Å². The fraction of sp³-hybridized carbons (Fsp3) is 0.773. The zero-order valence-electron chi connectivity index (χ0n) is 17.0. The fourth-order valence-corrected chi connectivity index (χ4v) is 6.81. The average molecular weight is 418 g/mol. The molecule has 4 bridgehead atoms. The van der Waals surface area contributed by atoms with Crippen LogP contribution in [0.3, 0.4) is 0 Å². The SMILES string of the molecule is O=C(NC1C2CC3CC1CC(O)(C3)C2)c1cnc(N2CC(F)(F)C2)nc1C1CCC1. The van der Waals surface area contributed by atoms with E-state index < -0.39 is 11.5 Å². The first kappa shape index (κ1) is 18.9. The van der Waals surface area contributed by atoms with Crippen molar-refractivity contribution in [2.24, 2.45) is 17.8 Å². The minimum atomic E-state index is -2.68. The van der Waals surface area contributed by atoms with E-state index in [1.54, 1.807) is 0 Å². The zero-order valence-corrected chi connectivity index (χ0v) is 17.0. The van der Waals surface area contributed by atoms with E-state index in [1.165, 1.54) is 11.1 Å². The van der Waals surface area contributed by atoms with E-state index in [-0.39, 0.29) is 31.0 Å². The van der Waals surface area contributed by atoms with Gasteiger partial charge >= 0.3 is 0 Å². The molecule has 1 aromatic heterocycles. The zero-order chi connectivity index (χ0) is 20.7. The highest BCUT2D eigenvalue weighted by atomic mass is 19.3. The number of amides is 1. The number of rotatable bonds is 4. The summed E-state index contributed by atoms with van der Waals surface area (Å²) in [5, 5.41) is 14.1. The van der Waals surface area contributed by atoms with Crippen LogP contribution in [0.25, 0.3) is 0 Å². The van der Waals surface area contributed by atoms with Crippen LogP contribution < -0.4 is 10.2 Å². The van der Waals surface area contributed by atoms with Gasteiger partial charge in [-0.1, -0.05) is 6.42 Å². The predicted molar refractivity (Wildman–Crippen MR) is 106 cm³/mol. The molecular formula is C22H28F2N4O2. The molecule has 0 spiro atoms. The highest BCUT2D eigenvalue weighted by Gasteiger charge is 2.55. The third kappa shape index (κ3) is 3.01. The van der Waals surface area contributed by atoms with Gasteiger partial charge in [0.2, 0.25) is 5.95 Å². The van der Waals surface area contributed by atoms with E-state index in [0.717, 1.165) is 51.4 Å². The van der Waals surface area contributed by atoms with Gasteiger partial charge in [-0.2, -0.15) is 0 Å². The number of alkyl halides is 2. The number of carbonyl (C=O) groups is 1. The molecule has 5 saturated carbocycles. The maximum absolute atomic E-state index is 13.3. The molecule has 1 aromatic rings. The lowest BCUT2D eigenvalue weighted by atomic mass is 9.52. The van der Waals surface area contributed by atoms with Crippen molar-refractivity contribution in [1.29, 1.82) is 0 Å². The molecule has 162 valence electrons. The number of nitrogens with one attached hydrogen (secondary N) is 1. The monoisotopic (exact) mass is 418 g/mol. The van der Waals surface area contributed by atoms with Gasteiger partial charge in [0.25, 0.3) is 11.8 Å². The summed E-state index contributed by atoms with van der Waals surface area (Å²) in [6.45, 7) is -0.726. The molecule has 2 N–H and O–H groups in total. The molecule has 6 fully saturated rings. The normalized spacial score (nSPS) is 38.8. The summed E-state index contributed by atoms with van der Waals surface area (Å²) in [6, 6.07) is 0.0947.